The zero-order valence-electron chi connectivity index (χ0n) is 12.7. The number of carbonyl (C=O) groups is 1. The van der Waals surface area contributed by atoms with E-state index in [-0.39, 0.29) is 11.3 Å². The molecule has 4 nitrogen and oxygen atoms in total. The van der Waals surface area contributed by atoms with Crippen molar-refractivity contribution >= 4 is 28.4 Å². The van der Waals surface area contributed by atoms with E-state index in [1.165, 1.54) is 16.3 Å². The Morgan fingerprint density at radius 3 is 2.48 bits per heavy atom. The topological polar surface area (TPSA) is 59.3 Å². The molecule has 3 aromatic rings. The highest BCUT2D eigenvalue weighted by molar-refractivity contribution is 7.98. The van der Waals surface area contributed by atoms with Crippen LogP contribution in [0.15, 0.2) is 58.2 Å². The van der Waals surface area contributed by atoms with Crippen molar-refractivity contribution < 1.29 is 9.90 Å². The average molecular weight is 325 g/mol. The number of hydrogen-bond donors (Lipinski definition) is 1. The maximum atomic E-state index is 12.7. The van der Waals surface area contributed by atoms with Crippen LogP contribution >= 0.6 is 11.8 Å². The maximum absolute atomic E-state index is 12.7. The molecule has 0 radical (unpaired) electrons. The van der Waals surface area contributed by atoms with E-state index >= 15 is 0 Å². The van der Waals surface area contributed by atoms with Crippen molar-refractivity contribution in [1.82, 2.24) is 4.57 Å². The number of thioether (sulfide) groups is 1. The maximum Gasteiger partial charge on any atom is 0.265 e. The highest BCUT2D eigenvalue weighted by atomic mass is 32.2. The summed E-state index contributed by atoms with van der Waals surface area (Å²) in [5.74, 6) is -0.729. The van der Waals surface area contributed by atoms with Gasteiger partial charge in [0.25, 0.3) is 5.56 Å². The Kier molecular flexibility index (Phi) is 3.96. The minimum Gasteiger partial charge on any atom is -0.506 e. The van der Waals surface area contributed by atoms with E-state index in [0.29, 0.717) is 16.5 Å². The Hall–Kier alpha value is -2.53. The number of aryl methyl sites for hydroxylation is 1. The fraction of sp³-hybridized carbons (Fsp3) is 0.111. The first-order valence-electron chi connectivity index (χ1n) is 7.04. The van der Waals surface area contributed by atoms with Gasteiger partial charge < -0.3 is 9.67 Å². The average Bonchev–Trinajstić information content (AvgIpc) is 2.60. The lowest BCUT2D eigenvalue weighted by Gasteiger charge is -2.12. The Bertz CT molecular complexity index is 961. The van der Waals surface area contributed by atoms with Crippen molar-refractivity contribution in [3.8, 4) is 5.75 Å². The second-order valence-electron chi connectivity index (χ2n) is 5.17. The molecule has 5 heteroatoms. The summed E-state index contributed by atoms with van der Waals surface area (Å²) in [6.45, 7) is 0. The molecular formula is C18H15NO3S. The molecule has 0 unspecified atom stereocenters. The van der Waals surface area contributed by atoms with E-state index in [0.717, 1.165) is 4.90 Å². The predicted molar refractivity (Wildman–Crippen MR) is 92.5 cm³/mol. The molecule has 0 aliphatic rings. The molecule has 23 heavy (non-hydrogen) atoms. The molecule has 1 aromatic heterocycles. The number of fused-ring (bicyclic) bond motifs is 1. The van der Waals surface area contributed by atoms with Crippen LogP contribution in [0.3, 0.4) is 0 Å². The smallest absolute Gasteiger partial charge is 0.265 e. The molecular weight excluding hydrogens is 310 g/mol. The van der Waals surface area contributed by atoms with Crippen molar-refractivity contribution in [3.05, 3.63) is 70.0 Å². The van der Waals surface area contributed by atoms with Gasteiger partial charge in [0.15, 0.2) is 0 Å². The lowest BCUT2D eigenvalue weighted by Crippen LogP contribution is -2.25. The number of ketones is 1. The zero-order valence-corrected chi connectivity index (χ0v) is 13.6. The van der Waals surface area contributed by atoms with Crippen molar-refractivity contribution in [2.45, 2.75) is 4.90 Å². The molecule has 0 amide bonds. The van der Waals surface area contributed by atoms with E-state index in [4.69, 9.17) is 0 Å². The molecule has 0 atom stereocenters. The summed E-state index contributed by atoms with van der Waals surface area (Å²) in [4.78, 5) is 26.2. The van der Waals surface area contributed by atoms with Gasteiger partial charge in [-0.1, -0.05) is 30.3 Å². The summed E-state index contributed by atoms with van der Waals surface area (Å²) >= 11 is 1.53. The van der Waals surface area contributed by atoms with Gasteiger partial charge in [-0.3, -0.25) is 9.59 Å². The van der Waals surface area contributed by atoms with Gasteiger partial charge in [0.1, 0.15) is 11.3 Å². The SMILES string of the molecule is CSc1ccc2c(c1)c(O)c(C(=O)c1ccccc1)c(=O)n2C. The number of pyridine rings is 1. The second kappa shape index (κ2) is 5.93. The molecule has 116 valence electrons. The lowest BCUT2D eigenvalue weighted by atomic mass is 10.0. The van der Waals surface area contributed by atoms with Crippen LogP contribution in [0.2, 0.25) is 0 Å². The lowest BCUT2D eigenvalue weighted by molar-refractivity contribution is 0.103. The number of aromatic hydroxyl groups is 1. The fourth-order valence-corrected chi connectivity index (χ4v) is 3.02. The Labute approximate surface area is 137 Å². The normalized spacial score (nSPS) is 10.9. The van der Waals surface area contributed by atoms with E-state index < -0.39 is 11.3 Å². The van der Waals surface area contributed by atoms with Gasteiger partial charge in [0.2, 0.25) is 5.78 Å². The van der Waals surface area contributed by atoms with Gasteiger partial charge in [-0.15, -0.1) is 11.8 Å². The van der Waals surface area contributed by atoms with Crippen LogP contribution in [0, 0.1) is 0 Å². The number of hydrogen-bond acceptors (Lipinski definition) is 4. The van der Waals surface area contributed by atoms with Crippen LogP contribution < -0.4 is 5.56 Å². The van der Waals surface area contributed by atoms with Gasteiger partial charge in [-0.25, -0.2) is 0 Å². The summed E-state index contributed by atoms with van der Waals surface area (Å²) in [7, 11) is 1.60. The number of aromatic nitrogens is 1. The highest BCUT2D eigenvalue weighted by Crippen LogP contribution is 2.30. The Morgan fingerprint density at radius 1 is 1.13 bits per heavy atom. The first-order valence-corrected chi connectivity index (χ1v) is 8.26. The minimum absolute atomic E-state index is 0.190. The van der Waals surface area contributed by atoms with Crippen molar-refractivity contribution in [1.29, 1.82) is 0 Å². The molecule has 0 saturated carbocycles. The van der Waals surface area contributed by atoms with Crippen molar-refractivity contribution in [2.24, 2.45) is 7.05 Å². The summed E-state index contributed by atoms with van der Waals surface area (Å²) in [6.07, 6.45) is 1.93. The molecule has 0 aliphatic heterocycles. The molecule has 0 aliphatic carbocycles. The summed E-state index contributed by atoms with van der Waals surface area (Å²) in [5, 5.41) is 11.1. The van der Waals surface area contributed by atoms with Crippen LogP contribution in [0.5, 0.6) is 5.75 Å². The van der Waals surface area contributed by atoms with Crippen LogP contribution in [0.1, 0.15) is 15.9 Å². The van der Waals surface area contributed by atoms with E-state index in [9.17, 15) is 14.7 Å². The molecule has 1 heterocycles. The monoisotopic (exact) mass is 325 g/mol. The van der Waals surface area contributed by atoms with Crippen molar-refractivity contribution in [3.63, 3.8) is 0 Å². The highest BCUT2D eigenvalue weighted by Gasteiger charge is 2.22. The number of carbonyl (C=O) groups excluding carboxylic acids is 1. The molecule has 0 bridgehead atoms. The Balaban J connectivity index is 2.33. The third-order valence-electron chi connectivity index (χ3n) is 3.84. The van der Waals surface area contributed by atoms with Gasteiger partial charge in [-0.05, 0) is 24.5 Å². The third kappa shape index (κ3) is 2.53. The van der Waals surface area contributed by atoms with Crippen LogP contribution in [0.4, 0.5) is 0 Å². The van der Waals surface area contributed by atoms with Crippen LogP contribution in [0.25, 0.3) is 10.9 Å². The van der Waals surface area contributed by atoms with E-state index in [2.05, 4.69) is 0 Å². The molecule has 0 fully saturated rings. The molecule has 1 N–H and O–H groups in total. The number of benzene rings is 2. The van der Waals surface area contributed by atoms with Crippen LogP contribution in [-0.2, 0) is 7.05 Å². The van der Waals surface area contributed by atoms with Crippen molar-refractivity contribution in [2.75, 3.05) is 6.26 Å². The first kappa shape index (κ1) is 15.4. The predicted octanol–water partition coefficient (Wildman–Crippen LogP) is 3.20. The van der Waals surface area contributed by atoms with Gasteiger partial charge in [0, 0.05) is 22.9 Å². The fourth-order valence-electron chi connectivity index (χ4n) is 2.58. The third-order valence-corrected chi connectivity index (χ3v) is 4.56. The molecule has 0 spiro atoms. The summed E-state index contributed by atoms with van der Waals surface area (Å²) in [5.41, 5.74) is 0.278. The van der Waals surface area contributed by atoms with Crippen LogP contribution in [-0.4, -0.2) is 21.7 Å². The second-order valence-corrected chi connectivity index (χ2v) is 6.05. The number of nitrogens with zero attached hydrogens (tertiary/aromatic N) is 1. The quantitative estimate of drug-likeness (QED) is 0.593. The van der Waals surface area contributed by atoms with E-state index in [1.54, 1.807) is 49.5 Å². The largest absolute Gasteiger partial charge is 0.506 e. The minimum atomic E-state index is -0.499. The molecule has 2 aromatic carbocycles. The van der Waals surface area contributed by atoms with Gasteiger partial charge in [0.05, 0.1) is 5.52 Å². The zero-order chi connectivity index (χ0) is 16.6. The van der Waals surface area contributed by atoms with E-state index in [1.807, 2.05) is 12.3 Å². The summed E-state index contributed by atoms with van der Waals surface area (Å²) in [6, 6.07) is 13.9. The first-order chi connectivity index (χ1) is 11.0. The summed E-state index contributed by atoms with van der Waals surface area (Å²) < 4.78 is 1.40. The number of rotatable bonds is 3. The Morgan fingerprint density at radius 2 is 1.83 bits per heavy atom. The van der Waals surface area contributed by atoms with Gasteiger partial charge in [-0.2, -0.15) is 0 Å². The standard InChI is InChI=1S/C18H15NO3S/c1-19-14-9-8-12(23-2)10-13(14)17(21)15(18(19)22)16(20)11-6-4-3-5-7-11/h3-10,21H,1-2H3. The van der Waals surface area contributed by atoms with Gasteiger partial charge >= 0.3 is 0 Å². The molecule has 0 saturated heterocycles. The molecule has 3 rings (SSSR count).